The first-order valence-corrected chi connectivity index (χ1v) is 7.42. The van der Waals surface area contributed by atoms with Gasteiger partial charge in [-0.1, -0.05) is 12.8 Å². The van der Waals surface area contributed by atoms with Crippen LogP contribution in [0.25, 0.3) is 0 Å². The highest BCUT2D eigenvalue weighted by Crippen LogP contribution is 2.02. The average Bonchev–Trinajstić information content (AvgIpc) is 2.44. The Morgan fingerprint density at radius 2 is 1.00 bits per heavy atom. The molecule has 4 N–H and O–H groups in total. The maximum Gasteiger partial charge on any atom is 0.305 e. The first-order valence-electron chi connectivity index (χ1n) is 7.42. The van der Waals surface area contributed by atoms with Crippen LogP contribution in [0.15, 0.2) is 0 Å². The van der Waals surface area contributed by atoms with Gasteiger partial charge in [0.2, 0.25) is 0 Å². The zero-order chi connectivity index (χ0) is 15.1. The Kier molecular flexibility index (Phi) is 24.5. The summed E-state index contributed by atoms with van der Waals surface area (Å²) in [5.74, 6) is -0.498. The number of halogens is 2. The lowest BCUT2D eigenvalue weighted by Crippen LogP contribution is -2.14. The maximum absolute atomic E-state index is 11.3. The molecule has 0 saturated carbocycles. The molecule has 0 unspecified atom stereocenters. The number of carbonyl (C=O) groups is 2. The normalized spacial score (nSPS) is 9.36. The first-order chi connectivity index (χ1) is 9.70. The van der Waals surface area contributed by atoms with Crippen molar-refractivity contribution in [2.24, 2.45) is 11.5 Å². The quantitative estimate of drug-likeness (QED) is 0.384. The molecule has 0 aromatic rings. The summed E-state index contributed by atoms with van der Waals surface area (Å²) < 4.78 is 9.90. The number of hydrogen-bond acceptors (Lipinski definition) is 6. The lowest BCUT2D eigenvalue weighted by atomic mass is 10.2. The minimum atomic E-state index is -0.249. The number of nitrogens with two attached hydrogens (primary N) is 2. The number of carbonyl (C=O) groups excluding carboxylic acids is 2. The van der Waals surface area contributed by atoms with Crippen LogP contribution in [0.1, 0.15) is 51.4 Å². The smallest absolute Gasteiger partial charge is 0.305 e. The minimum absolute atomic E-state index is 0. The topological polar surface area (TPSA) is 105 Å². The van der Waals surface area contributed by atoms with E-state index in [4.69, 9.17) is 20.9 Å². The maximum atomic E-state index is 11.3. The van der Waals surface area contributed by atoms with Crippen molar-refractivity contribution in [2.45, 2.75) is 51.4 Å². The van der Waals surface area contributed by atoms with Gasteiger partial charge < -0.3 is 20.9 Å². The van der Waals surface area contributed by atoms with Gasteiger partial charge in [0.25, 0.3) is 0 Å². The third-order valence-corrected chi connectivity index (χ3v) is 2.78. The lowest BCUT2D eigenvalue weighted by molar-refractivity contribution is -0.152. The summed E-state index contributed by atoms with van der Waals surface area (Å²) in [5, 5.41) is 0. The zero-order valence-corrected chi connectivity index (χ0v) is 14.7. The van der Waals surface area contributed by atoms with E-state index in [1.165, 1.54) is 0 Å². The lowest BCUT2D eigenvalue weighted by Gasteiger charge is -2.06. The fourth-order valence-electron chi connectivity index (χ4n) is 1.64. The molecule has 0 aliphatic rings. The van der Waals surface area contributed by atoms with Gasteiger partial charge in [-0.2, -0.15) is 0 Å². The van der Waals surface area contributed by atoms with Crippen LogP contribution in [0, 0.1) is 0 Å². The Morgan fingerprint density at radius 1 is 0.636 bits per heavy atom. The molecular weight excluding hydrogens is 331 g/mol. The van der Waals surface area contributed by atoms with Crippen molar-refractivity contribution in [3.05, 3.63) is 0 Å². The molecule has 22 heavy (non-hydrogen) atoms. The summed E-state index contributed by atoms with van der Waals surface area (Å²) in [4.78, 5) is 22.6. The summed E-state index contributed by atoms with van der Waals surface area (Å²) in [7, 11) is 0. The van der Waals surface area contributed by atoms with Crippen LogP contribution < -0.4 is 11.5 Å². The Labute approximate surface area is 145 Å². The number of esters is 2. The Bertz CT molecular complexity index is 243. The molecule has 0 aliphatic carbocycles. The molecular formula is C14H30Cl2N2O4. The van der Waals surface area contributed by atoms with E-state index >= 15 is 0 Å². The molecule has 0 heterocycles. The van der Waals surface area contributed by atoms with Crippen LogP contribution in [0.2, 0.25) is 0 Å². The summed E-state index contributed by atoms with van der Waals surface area (Å²) in [5.41, 5.74) is 10.7. The summed E-state index contributed by atoms with van der Waals surface area (Å²) in [6.45, 7) is 1.56. The Balaban J connectivity index is -0.00000180. The Hall–Kier alpha value is -0.560. The molecule has 0 bridgehead atoms. The predicted molar refractivity (Wildman–Crippen MR) is 91.5 cm³/mol. The van der Waals surface area contributed by atoms with Gasteiger partial charge in [0.1, 0.15) is 13.2 Å². The molecule has 0 saturated heterocycles. The van der Waals surface area contributed by atoms with Gasteiger partial charge in [-0.05, 0) is 38.8 Å². The first kappa shape index (κ1) is 26.3. The average molecular weight is 361 g/mol. The largest absolute Gasteiger partial charge is 0.462 e. The second-order valence-corrected chi connectivity index (χ2v) is 4.64. The highest BCUT2D eigenvalue weighted by atomic mass is 35.5. The monoisotopic (exact) mass is 360 g/mol. The van der Waals surface area contributed by atoms with E-state index in [9.17, 15) is 9.59 Å². The minimum Gasteiger partial charge on any atom is -0.462 e. The summed E-state index contributed by atoms with van der Waals surface area (Å²) in [6, 6.07) is 0. The molecule has 134 valence electrons. The van der Waals surface area contributed by atoms with E-state index in [0.717, 1.165) is 38.5 Å². The van der Waals surface area contributed by atoms with Crippen LogP contribution in [0.4, 0.5) is 0 Å². The summed E-state index contributed by atoms with van der Waals surface area (Å²) >= 11 is 0. The molecule has 6 nitrogen and oxygen atoms in total. The third kappa shape index (κ3) is 19.4. The molecule has 0 radical (unpaired) electrons. The van der Waals surface area contributed by atoms with Crippen molar-refractivity contribution in [2.75, 3.05) is 26.3 Å². The van der Waals surface area contributed by atoms with Crippen molar-refractivity contribution >= 4 is 36.8 Å². The molecule has 0 aromatic heterocycles. The molecule has 0 aliphatic heterocycles. The number of ether oxygens (including phenoxy) is 2. The third-order valence-electron chi connectivity index (χ3n) is 2.78. The van der Waals surface area contributed by atoms with Gasteiger partial charge >= 0.3 is 11.9 Å². The number of unbranched alkanes of at least 4 members (excludes halogenated alkanes) is 4. The molecule has 0 atom stereocenters. The molecule has 0 fully saturated rings. The number of hydrogen-bond donors (Lipinski definition) is 2. The van der Waals surface area contributed by atoms with Gasteiger partial charge in [-0.15, -0.1) is 24.8 Å². The van der Waals surface area contributed by atoms with E-state index in [-0.39, 0.29) is 50.0 Å². The van der Waals surface area contributed by atoms with Crippen LogP contribution in [-0.4, -0.2) is 38.2 Å². The van der Waals surface area contributed by atoms with E-state index in [0.29, 0.717) is 25.9 Å². The van der Waals surface area contributed by atoms with Gasteiger partial charge in [0.15, 0.2) is 0 Å². The fraction of sp³-hybridized carbons (Fsp3) is 0.857. The zero-order valence-electron chi connectivity index (χ0n) is 13.1. The van der Waals surface area contributed by atoms with E-state index in [1.807, 2.05) is 0 Å². The van der Waals surface area contributed by atoms with Crippen molar-refractivity contribution in [1.29, 1.82) is 0 Å². The van der Waals surface area contributed by atoms with Crippen molar-refractivity contribution in [1.82, 2.24) is 0 Å². The summed E-state index contributed by atoms with van der Waals surface area (Å²) in [6.07, 6.45) is 6.09. The van der Waals surface area contributed by atoms with Gasteiger partial charge in [-0.25, -0.2) is 0 Å². The SMILES string of the molecule is Cl.Cl.NCCCCCC(=O)OCCOC(=O)CCCCCN. The molecule has 0 spiro atoms. The van der Waals surface area contributed by atoms with E-state index in [2.05, 4.69) is 0 Å². The van der Waals surface area contributed by atoms with Crippen molar-refractivity contribution in [3.8, 4) is 0 Å². The highest BCUT2D eigenvalue weighted by molar-refractivity contribution is 5.85. The van der Waals surface area contributed by atoms with Crippen LogP contribution in [-0.2, 0) is 19.1 Å². The van der Waals surface area contributed by atoms with Crippen LogP contribution >= 0.6 is 24.8 Å². The van der Waals surface area contributed by atoms with Gasteiger partial charge in [-0.3, -0.25) is 9.59 Å². The molecule has 0 rings (SSSR count). The van der Waals surface area contributed by atoms with E-state index in [1.54, 1.807) is 0 Å². The van der Waals surface area contributed by atoms with E-state index < -0.39 is 0 Å². The molecule has 0 amide bonds. The molecule has 0 aromatic carbocycles. The standard InChI is InChI=1S/C14H28N2O4.2ClH/c15-9-5-1-3-7-13(17)19-11-12-20-14(18)8-4-2-6-10-16;;/h1-12,15-16H2;2*1H. The van der Waals surface area contributed by atoms with Crippen LogP contribution in [0.5, 0.6) is 0 Å². The van der Waals surface area contributed by atoms with Gasteiger partial charge in [0.05, 0.1) is 0 Å². The second-order valence-electron chi connectivity index (χ2n) is 4.64. The Morgan fingerprint density at radius 3 is 1.32 bits per heavy atom. The van der Waals surface area contributed by atoms with Gasteiger partial charge in [0, 0.05) is 12.8 Å². The second kappa shape index (κ2) is 20.4. The predicted octanol–water partition coefficient (Wildman–Crippen LogP) is 1.95. The fourth-order valence-corrected chi connectivity index (χ4v) is 1.64. The van der Waals surface area contributed by atoms with Crippen LogP contribution in [0.3, 0.4) is 0 Å². The van der Waals surface area contributed by atoms with Crippen molar-refractivity contribution in [3.63, 3.8) is 0 Å². The molecule has 8 heteroatoms. The number of rotatable bonds is 13. The highest BCUT2D eigenvalue weighted by Gasteiger charge is 2.05. The van der Waals surface area contributed by atoms with Crippen molar-refractivity contribution < 1.29 is 19.1 Å².